The molecule has 2 bridgehead atoms. The average Bonchev–Trinajstić information content (AvgIpc) is 3.05. The van der Waals surface area contributed by atoms with Crippen molar-refractivity contribution in [3.8, 4) is 0 Å². The lowest BCUT2D eigenvalue weighted by Crippen LogP contribution is -2.32. The van der Waals surface area contributed by atoms with Crippen LogP contribution in [0.15, 0.2) is 24.3 Å². The van der Waals surface area contributed by atoms with Gasteiger partial charge in [-0.1, -0.05) is 60.7 Å². The quantitative estimate of drug-likeness (QED) is 0.408. The zero-order valence-corrected chi connectivity index (χ0v) is 23.5. The van der Waals surface area contributed by atoms with Crippen LogP contribution in [-0.2, 0) is 9.36 Å². The van der Waals surface area contributed by atoms with Gasteiger partial charge in [0.15, 0.2) is 0 Å². The van der Waals surface area contributed by atoms with Crippen molar-refractivity contribution < 1.29 is 18.9 Å². The molecule has 0 N–H and O–H groups in total. The van der Waals surface area contributed by atoms with Crippen LogP contribution in [0.5, 0.6) is 0 Å². The first-order chi connectivity index (χ1) is 16.1. The maximum Gasteiger partial charge on any atom is 0.501 e. The Bertz CT molecular complexity index is 1140. The third-order valence-corrected chi connectivity index (χ3v) is 9.82. The predicted molar refractivity (Wildman–Crippen MR) is 142 cm³/mol. The second-order valence-electron chi connectivity index (χ2n) is 11.4. The van der Waals surface area contributed by atoms with Gasteiger partial charge in [0, 0.05) is 11.8 Å². The van der Waals surface area contributed by atoms with E-state index in [1.165, 1.54) is 6.42 Å². The van der Waals surface area contributed by atoms with Crippen LogP contribution in [0.1, 0.15) is 94.1 Å². The number of aryl methyl sites for hydroxylation is 6. The number of Topliss-reactive ketones (excluding diaryl/α,β-unsaturated/α-hetero) is 1. The van der Waals surface area contributed by atoms with E-state index in [4.69, 9.17) is 0 Å². The predicted octanol–water partition coefficient (Wildman–Crippen LogP) is 7.75. The van der Waals surface area contributed by atoms with Gasteiger partial charge in [-0.15, -0.1) is 0 Å². The molecule has 2 saturated carbocycles. The van der Waals surface area contributed by atoms with Crippen molar-refractivity contribution in [1.29, 1.82) is 0 Å². The molecule has 2 fully saturated rings. The largest absolute Gasteiger partial charge is 0.501 e. The van der Waals surface area contributed by atoms with Gasteiger partial charge in [-0.25, -0.2) is 9.59 Å². The maximum atomic E-state index is 12.7. The highest BCUT2D eigenvalue weighted by atomic mass is 31.1. The van der Waals surface area contributed by atoms with E-state index in [0.29, 0.717) is 22.8 Å². The average molecular weight is 494 g/mol. The van der Waals surface area contributed by atoms with Gasteiger partial charge in [-0.2, -0.15) is 0 Å². The van der Waals surface area contributed by atoms with E-state index in [1.807, 2.05) is 65.8 Å². The van der Waals surface area contributed by atoms with Crippen molar-refractivity contribution in [3.05, 3.63) is 68.8 Å². The number of carbonyl (C=O) groups excluding carboxylic acids is 3. The monoisotopic (exact) mass is 493 g/mol. The highest BCUT2D eigenvalue weighted by Gasteiger charge is 2.61. The van der Waals surface area contributed by atoms with Crippen LogP contribution >= 0.6 is 7.80 Å². The summed E-state index contributed by atoms with van der Waals surface area (Å²) in [7, 11) is -2.67. The first-order valence-electron chi connectivity index (χ1n) is 12.4. The van der Waals surface area contributed by atoms with Gasteiger partial charge < -0.3 is 0 Å². The number of benzene rings is 2. The van der Waals surface area contributed by atoms with Crippen LogP contribution in [0, 0.1) is 58.3 Å². The van der Waals surface area contributed by atoms with Crippen LogP contribution in [0.4, 0.5) is 0 Å². The SMILES string of the molecule is CC12CCC(CC1=O)C2(C)C.Cc1cc(C)c(C(=O)[P+](=O)C(=O)c2c(C)cc(C)cc2C)c(C)c1. The summed E-state index contributed by atoms with van der Waals surface area (Å²) in [5, 5.41) is 0. The Labute approximate surface area is 210 Å². The van der Waals surface area contributed by atoms with Crippen LogP contribution in [-0.4, -0.2) is 16.8 Å². The van der Waals surface area contributed by atoms with Crippen molar-refractivity contribution in [2.75, 3.05) is 0 Å². The summed E-state index contributed by atoms with van der Waals surface area (Å²) >= 11 is 0. The molecule has 0 heterocycles. The van der Waals surface area contributed by atoms with Crippen LogP contribution in [0.2, 0.25) is 0 Å². The summed E-state index contributed by atoms with van der Waals surface area (Å²) in [6.07, 6.45) is 3.25. The molecule has 4 rings (SSSR count). The van der Waals surface area contributed by atoms with E-state index in [-0.39, 0.29) is 10.8 Å². The summed E-state index contributed by atoms with van der Waals surface area (Å²) in [5.74, 6) is 1.19. The van der Waals surface area contributed by atoms with E-state index >= 15 is 0 Å². The highest BCUT2D eigenvalue weighted by molar-refractivity contribution is 7.80. The molecule has 2 aliphatic carbocycles. The lowest BCUT2D eigenvalue weighted by atomic mass is 9.70. The summed E-state index contributed by atoms with van der Waals surface area (Å²) in [6.45, 7) is 17.8. The molecule has 0 aromatic heterocycles. The van der Waals surface area contributed by atoms with Crippen molar-refractivity contribution in [2.24, 2.45) is 16.7 Å². The first-order valence-corrected chi connectivity index (χ1v) is 13.6. The molecule has 2 atom stereocenters. The molecule has 2 aromatic rings. The summed E-state index contributed by atoms with van der Waals surface area (Å²) < 4.78 is 12.7. The minimum absolute atomic E-state index is 0.0255. The molecule has 0 aliphatic heterocycles. The molecular weight excluding hydrogens is 455 g/mol. The molecule has 0 spiro atoms. The molecule has 0 saturated heterocycles. The minimum atomic E-state index is -2.67. The van der Waals surface area contributed by atoms with E-state index < -0.39 is 18.8 Å². The Hall–Kier alpha value is -2.45. The zero-order valence-electron chi connectivity index (χ0n) is 22.6. The van der Waals surface area contributed by atoms with Crippen LogP contribution in [0.3, 0.4) is 0 Å². The van der Waals surface area contributed by atoms with Crippen LogP contribution in [0.25, 0.3) is 0 Å². The number of ketones is 1. The molecule has 0 radical (unpaired) electrons. The number of hydrogen-bond donors (Lipinski definition) is 0. The Balaban J connectivity index is 0.000000256. The van der Waals surface area contributed by atoms with Gasteiger partial charge >= 0.3 is 18.8 Å². The normalized spacial score (nSPS) is 22.0. The van der Waals surface area contributed by atoms with Crippen molar-refractivity contribution in [3.63, 3.8) is 0 Å². The third-order valence-electron chi connectivity index (χ3n) is 8.63. The fourth-order valence-corrected chi connectivity index (χ4v) is 7.53. The van der Waals surface area contributed by atoms with E-state index in [2.05, 4.69) is 20.8 Å². The number of rotatable bonds is 4. The summed E-state index contributed by atoms with van der Waals surface area (Å²) in [6, 6.07) is 7.49. The highest BCUT2D eigenvalue weighted by Crippen LogP contribution is 2.63. The van der Waals surface area contributed by atoms with Gasteiger partial charge in [-0.05, 0) is 88.0 Å². The number of fused-ring (bicyclic) bond motifs is 2. The second kappa shape index (κ2) is 9.54. The van der Waals surface area contributed by atoms with Gasteiger partial charge in [0.05, 0.1) is 11.1 Å². The van der Waals surface area contributed by atoms with E-state index in [9.17, 15) is 18.9 Å². The molecule has 4 nitrogen and oxygen atoms in total. The second-order valence-corrected chi connectivity index (χ2v) is 12.8. The van der Waals surface area contributed by atoms with Gasteiger partial charge in [0.25, 0.3) is 0 Å². The molecule has 2 aliphatic rings. The van der Waals surface area contributed by atoms with E-state index in [0.717, 1.165) is 46.2 Å². The Kier molecular flexibility index (Phi) is 7.40. The zero-order chi connectivity index (χ0) is 26.5. The fourth-order valence-electron chi connectivity index (χ4n) is 6.23. The minimum Gasteiger partial charge on any atom is -0.299 e. The Morgan fingerprint density at radius 2 is 1.14 bits per heavy atom. The molecule has 0 amide bonds. The lowest BCUT2D eigenvalue weighted by molar-refractivity contribution is -0.128. The Morgan fingerprint density at radius 1 is 0.771 bits per heavy atom. The van der Waals surface area contributed by atoms with Gasteiger partial charge in [0.1, 0.15) is 5.78 Å². The standard InChI is InChI=1S/C20H22O3P.C10H16O/c1-11-7-13(3)17(14(4)8-11)19(21)24(23)20(22)18-15(5)9-12(2)10-16(18)6;1-9(2)7-4-5-10(9,3)8(11)6-7/h7-10H,1-6H3;7H,4-6H2,1-3H3/q+1;. The van der Waals surface area contributed by atoms with Gasteiger partial charge in [0.2, 0.25) is 0 Å². The molecule has 35 heavy (non-hydrogen) atoms. The smallest absolute Gasteiger partial charge is 0.299 e. The van der Waals surface area contributed by atoms with Crippen molar-refractivity contribution >= 4 is 24.6 Å². The lowest BCUT2D eigenvalue weighted by Gasteiger charge is -2.32. The van der Waals surface area contributed by atoms with E-state index in [1.54, 1.807) is 0 Å². The maximum absolute atomic E-state index is 12.7. The van der Waals surface area contributed by atoms with Crippen molar-refractivity contribution in [2.45, 2.75) is 81.6 Å². The molecule has 5 heteroatoms. The molecule has 2 aromatic carbocycles. The molecular formula is C30H38O4P+. The fraction of sp³-hybridized carbons (Fsp3) is 0.500. The molecule has 2 unspecified atom stereocenters. The van der Waals surface area contributed by atoms with Crippen LogP contribution < -0.4 is 0 Å². The first kappa shape index (κ1) is 27.1. The van der Waals surface area contributed by atoms with Gasteiger partial charge in [-0.3, -0.25) is 4.79 Å². The number of hydrogen-bond acceptors (Lipinski definition) is 4. The summed E-state index contributed by atoms with van der Waals surface area (Å²) in [5.41, 5.74) is 5.04. The number of carbonyl (C=O) groups is 3. The summed E-state index contributed by atoms with van der Waals surface area (Å²) in [4.78, 5) is 37.0. The van der Waals surface area contributed by atoms with Crippen molar-refractivity contribution in [1.82, 2.24) is 0 Å². The topological polar surface area (TPSA) is 68.3 Å². The Morgan fingerprint density at radius 3 is 1.37 bits per heavy atom. The third kappa shape index (κ3) is 4.70. The molecule has 186 valence electrons.